The lowest BCUT2D eigenvalue weighted by Crippen LogP contribution is -2.37. The van der Waals surface area contributed by atoms with Gasteiger partial charge in [-0.1, -0.05) is 32.6 Å². The van der Waals surface area contributed by atoms with Crippen LogP contribution in [0, 0.1) is 6.92 Å². The maximum absolute atomic E-state index is 13.5. The Morgan fingerprint density at radius 1 is 1.24 bits per heavy atom. The molecule has 4 nitrogen and oxygen atoms in total. The van der Waals surface area contributed by atoms with Gasteiger partial charge in [-0.05, 0) is 55.5 Å². The fraction of sp³-hybridized carbons (Fsp3) is 0.360. The van der Waals surface area contributed by atoms with Crippen LogP contribution in [0.1, 0.15) is 55.0 Å². The second kappa shape index (κ2) is 6.06. The van der Waals surface area contributed by atoms with Crippen LogP contribution in [0.2, 0.25) is 0 Å². The van der Waals surface area contributed by atoms with Gasteiger partial charge in [-0.2, -0.15) is 0 Å². The van der Waals surface area contributed by atoms with Gasteiger partial charge in [-0.25, -0.2) is 4.98 Å². The van der Waals surface area contributed by atoms with Gasteiger partial charge in [0.1, 0.15) is 6.61 Å². The third kappa shape index (κ3) is 2.32. The molecule has 0 bridgehead atoms. The second-order valence-corrected chi connectivity index (χ2v) is 8.50. The number of fused-ring (bicyclic) bond motifs is 5. The molecule has 3 aromatic rings. The van der Waals surface area contributed by atoms with Crippen molar-refractivity contribution in [1.82, 2.24) is 9.55 Å². The highest BCUT2D eigenvalue weighted by Gasteiger charge is 2.39. The third-order valence-corrected chi connectivity index (χ3v) is 6.98. The molecule has 0 spiro atoms. The number of nitrogens with zero attached hydrogens (tertiary/aromatic N) is 2. The van der Waals surface area contributed by atoms with Crippen LogP contribution in [0.25, 0.3) is 22.3 Å². The topological polar surface area (TPSA) is 44.1 Å². The minimum absolute atomic E-state index is 0.0463. The summed E-state index contributed by atoms with van der Waals surface area (Å²) in [6, 6.07) is 8.62. The molecule has 4 heteroatoms. The van der Waals surface area contributed by atoms with Gasteiger partial charge in [0.15, 0.2) is 0 Å². The summed E-state index contributed by atoms with van der Waals surface area (Å²) in [7, 11) is 0. The summed E-state index contributed by atoms with van der Waals surface area (Å²) in [5.41, 5.74) is 8.06. The maximum atomic E-state index is 13.5. The Morgan fingerprint density at radius 2 is 2.03 bits per heavy atom. The molecule has 0 radical (unpaired) electrons. The van der Waals surface area contributed by atoms with Crippen LogP contribution < -0.4 is 5.56 Å². The molecule has 29 heavy (non-hydrogen) atoms. The molecule has 0 aliphatic carbocycles. The van der Waals surface area contributed by atoms with Crippen LogP contribution in [0.4, 0.5) is 0 Å². The first-order valence-electron chi connectivity index (χ1n) is 10.4. The van der Waals surface area contributed by atoms with Crippen LogP contribution in [0.5, 0.6) is 0 Å². The quantitative estimate of drug-likeness (QED) is 0.486. The molecule has 0 N–H and O–H groups in total. The predicted octanol–water partition coefficient (Wildman–Crippen LogP) is 5.01. The molecule has 0 fully saturated rings. The average Bonchev–Trinajstić information content (AvgIpc) is 3.08. The number of hydrogen-bond acceptors (Lipinski definition) is 3. The number of aryl methyl sites for hydroxylation is 2. The summed E-state index contributed by atoms with van der Waals surface area (Å²) in [6.45, 7) is 13.5. The molecule has 2 aliphatic rings. The Morgan fingerprint density at radius 3 is 2.76 bits per heavy atom. The first-order valence-corrected chi connectivity index (χ1v) is 10.4. The Bertz CT molecular complexity index is 1270. The summed E-state index contributed by atoms with van der Waals surface area (Å²) in [5.74, 6) is 0.742. The van der Waals surface area contributed by atoms with Gasteiger partial charge < -0.3 is 9.30 Å². The normalized spacial score (nSPS) is 19.7. The Labute approximate surface area is 170 Å². The summed E-state index contributed by atoms with van der Waals surface area (Å²) >= 11 is 0. The number of aromatic nitrogens is 2. The molecule has 0 saturated heterocycles. The van der Waals surface area contributed by atoms with E-state index in [1.165, 1.54) is 22.1 Å². The fourth-order valence-corrected chi connectivity index (χ4v) is 4.96. The third-order valence-electron chi connectivity index (χ3n) is 6.98. The number of rotatable bonds is 2. The second-order valence-electron chi connectivity index (χ2n) is 8.50. The minimum atomic E-state index is -0.355. The molecular formula is C25H26N2O2. The van der Waals surface area contributed by atoms with Gasteiger partial charge in [0.2, 0.25) is 0 Å². The zero-order chi connectivity index (χ0) is 20.5. The highest BCUT2D eigenvalue weighted by atomic mass is 16.5. The standard InChI is InChI=1S/C25H26N2O2/c1-6-16-17-9-8-14(3)10-21(17)26-23-18(16)12-27-22(23)11-20-19(24(27)28)13-29-15(4)25(20,5)7-2/h8-11H,4,6-7,12-13H2,1-3,5H3/t25-/m0/s1. The van der Waals surface area contributed by atoms with Gasteiger partial charge in [0.05, 0.1) is 34.8 Å². The van der Waals surface area contributed by atoms with Crippen molar-refractivity contribution in [2.24, 2.45) is 0 Å². The van der Waals surface area contributed by atoms with Crippen LogP contribution in [-0.4, -0.2) is 9.55 Å². The van der Waals surface area contributed by atoms with E-state index in [1.54, 1.807) is 0 Å². The van der Waals surface area contributed by atoms with Gasteiger partial charge in [0.25, 0.3) is 5.56 Å². The fourth-order valence-electron chi connectivity index (χ4n) is 4.96. The lowest BCUT2D eigenvalue weighted by atomic mass is 9.75. The Hall–Kier alpha value is -2.88. The average molecular weight is 386 g/mol. The van der Waals surface area contributed by atoms with Gasteiger partial charge in [0, 0.05) is 16.4 Å². The minimum Gasteiger partial charge on any atom is -0.493 e. The van der Waals surface area contributed by atoms with Crippen LogP contribution in [0.15, 0.2) is 41.4 Å². The van der Waals surface area contributed by atoms with Crippen molar-refractivity contribution >= 4 is 10.9 Å². The van der Waals surface area contributed by atoms with Crippen molar-refractivity contribution in [2.45, 2.75) is 59.1 Å². The maximum Gasteiger partial charge on any atom is 0.258 e. The lowest BCUT2D eigenvalue weighted by Gasteiger charge is -2.37. The van der Waals surface area contributed by atoms with Crippen molar-refractivity contribution in [1.29, 1.82) is 0 Å². The summed E-state index contributed by atoms with van der Waals surface area (Å²) in [5, 5.41) is 1.19. The number of pyridine rings is 2. The van der Waals surface area contributed by atoms with Crippen molar-refractivity contribution in [3.05, 3.63) is 74.8 Å². The molecule has 0 amide bonds. The first-order chi connectivity index (χ1) is 13.9. The van der Waals surface area contributed by atoms with E-state index in [-0.39, 0.29) is 11.0 Å². The highest BCUT2D eigenvalue weighted by Crippen LogP contribution is 2.43. The van der Waals surface area contributed by atoms with Crippen molar-refractivity contribution in [3.63, 3.8) is 0 Å². The van der Waals surface area contributed by atoms with Gasteiger partial charge in [-0.3, -0.25) is 4.79 Å². The van der Waals surface area contributed by atoms with E-state index in [9.17, 15) is 4.79 Å². The first kappa shape index (κ1) is 18.2. The van der Waals surface area contributed by atoms with Crippen LogP contribution in [-0.2, 0) is 29.7 Å². The molecule has 4 heterocycles. The molecule has 5 rings (SSSR count). The Kier molecular flexibility index (Phi) is 3.79. The smallest absolute Gasteiger partial charge is 0.258 e. The zero-order valence-corrected chi connectivity index (χ0v) is 17.6. The molecular weight excluding hydrogens is 360 g/mol. The Balaban J connectivity index is 1.84. The lowest BCUT2D eigenvalue weighted by molar-refractivity contribution is 0.132. The number of benzene rings is 1. The van der Waals surface area contributed by atoms with Crippen molar-refractivity contribution in [2.75, 3.05) is 0 Å². The van der Waals surface area contributed by atoms with Crippen molar-refractivity contribution < 1.29 is 4.74 Å². The number of hydrogen-bond donors (Lipinski definition) is 0. The van der Waals surface area contributed by atoms with Gasteiger partial charge >= 0.3 is 0 Å². The summed E-state index contributed by atoms with van der Waals surface area (Å²) < 4.78 is 7.71. The molecule has 0 saturated carbocycles. The molecule has 0 unspecified atom stereocenters. The number of ether oxygens (including phenoxy) is 1. The molecule has 1 atom stereocenters. The van der Waals surface area contributed by atoms with E-state index >= 15 is 0 Å². The molecule has 2 aliphatic heterocycles. The van der Waals surface area contributed by atoms with Crippen molar-refractivity contribution in [3.8, 4) is 11.4 Å². The van der Waals surface area contributed by atoms with E-state index in [1.807, 2.05) is 4.57 Å². The number of allylic oxidation sites excluding steroid dienone is 1. The summed E-state index contributed by atoms with van der Waals surface area (Å²) in [4.78, 5) is 18.5. The van der Waals surface area contributed by atoms with E-state index in [0.29, 0.717) is 13.2 Å². The molecule has 1 aromatic carbocycles. The predicted molar refractivity (Wildman–Crippen MR) is 116 cm³/mol. The molecule has 148 valence electrons. The SMILES string of the molecule is C=C1OCc2c(cc3n(c2=O)Cc2c-3nc3cc(C)ccc3c2CC)[C@@]1(C)CC. The zero-order valence-electron chi connectivity index (χ0n) is 17.6. The molecule has 2 aromatic heterocycles. The summed E-state index contributed by atoms with van der Waals surface area (Å²) in [6.07, 6.45) is 1.75. The van der Waals surface area contributed by atoms with E-state index < -0.39 is 0 Å². The van der Waals surface area contributed by atoms with E-state index in [4.69, 9.17) is 9.72 Å². The van der Waals surface area contributed by atoms with Crippen LogP contribution in [0.3, 0.4) is 0 Å². The van der Waals surface area contributed by atoms with E-state index in [0.717, 1.165) is 46.6 Å². The van der Waals surface area contributed by atoms with Crippen LogP contribution >= 0.6 is 0 Å². The monoisotopic (exact) mass is 386 g/mol. The van der Waals surface area contributed by atoms with E-state index in [2.05, 4.69) is 58.5 Å². The highest BCUT2D eigenvalue weighted by molar-refractivity contribution is 5.88. The van der Waals surface area contributed by atoms with Gasteiger partial charge in [-0.15, -0.1) is 0 Å². The largest absolute Gasteiger partial charge is 0.493 e.